The zero-order valence-electron chi connectivity index (χ0n) is 15.8. The third-order valence-electron chi connectivity index (χ3n) is 4.87. The number of aromatic hydroxyl groups is 1. The molecule has 0 spiro atoms. The zero-order valence-corrected chi connectivity index (χ0v) is 17.4. The van der Waals surface area contributed by atoms with Crippen molar-refractivity contribution in [1.82, 2.24) is 0 Å². The van der Waals surface area contributed by atoms with Gasteiger partial charge >= 0.3 is 5.97 Å². The van der Waals surface area contributed by atoms with Crippen molar-refractivity contribution in [2.75, 3.05) is 0 Å². The fraction of sp³-hybridized carbons (Fsp3) is 0.0500. The minimum atomic E-state index is -4.90. The molecule has 4 aromatic carbocycles. The molecule has 4 aromatic rings. The second kappa shape index (κ2) is 6.62. The summed E-state index contributed by atoms with van der Waals surface area (Å²) in [6.45, 7) is 4.91. The molecule has 0 radical (unpaired) electrons. The van der Waals surface area contributed by atoms with Gasteiger partial charge < -0.3 is 9.84 Å². The quantitative estimate of drug-likeness (QED) is 0.136. The molecule has 9 nitrogen and oxygen atoms in total. The number of carbonyl (C=O) groups excluding carboxylic acids is 1. The summed E-state index contributed by atoms with van der Waals surface area (Å²) in [6.07, 6.45) is 0. The van der Waals surface area contributed by atoms with E-state index < -0.39 is 36.0 Å². The number of rotatable bonds is 4. The fourth-order valence-corrected chi connectivity index (χ4v) is 5.08. The highest BCUT2D eigenvalue weighted by Gasteiger charge is 2.26. The summed E-state index contributed by atoms with van der Waals surface area (Å²) in [5, 5.41) is 11.1. The smallest absolute Gasteiger partial charge is 0.338 e. The minimum absolute atomic E-state index is 0.0290. The molecule has 0 unspecified atom stereocenters. The predicted molar refractivity (Wildman–Crippen MR) is 112 cm³/mol. The van der Waals surface area contributed by atoms with Crippen molar-refractivity contribution < 1.29 is 40.6 Å². The van der Waals surface area contributed by atoms with Gasteiger partial charge in [0.1, 0.15) is 21.3 Å². The largest absolute Gasteiger partial charge is 0.507 e. The molecule has 0 fully saturated rings. The number of hydrogen-bond acceptors (Lipinski definition) is 7. The molecule has 0 saturated carbocycles. The van der Waals surface area contributed by atoms with Gasteiger partial charge in [-0.25, -0.2) is 4.79 Å². The second-order valence-corrected chi connectivity index (χ2v) is 9.74. The van der Waals surface area contributed by atoms with Gasteiger partial charge in [-0.2, -0.15) is 16.8 Å². The van der Waals surface area contributed by atoms with E-state index in [1.54, 1.807) is 0 Å². The summed E-state index contributed by atoms with van der Waals surface area (Å²) in [5.41, 5.74) is 0.0903. The van der Waals surface area contributed by atoms with Gasteiger partial charge in [-0.15, -0.1) is 0 Å². The molecule has 160 valence electrons. The van der Waals surface area contributed by atoms with Crippen LogP contribution < -0.4 is 4.74 Å². The summed E-state index contributed by atoms with van der Waals surface area (Å²) in [7, 11) is -9.79. The Balaban J connectivity index is 2.29. The lowest BCUT2D eigenvalue weighted by atomic mass is 9.93. The monoisotopic (exact) mass is 462 g/mol. The lowest BCUT2D eigenvalue weighted by molar-refractivity contribution is -0.129. The van der Waals surface area contributed by atoms with Gasteiger partial charge in [-0.3, -0.25) is 9.11 Å². The molecule has 0 heterocycles. The Morgan fingerprint density at radius 1 is 0.839 bits per heavy atom. The van der Waals surface area contributed by atoms with E-state index >= 15 is 0 Å². The molecule has 11 heteroatoms. The number of carbonyl (C=O) groups is 1. The van der Waals surface area contributed by atoms with Crippen molar-refractivity contribution in [2.45, 2.75) is 16.7 Å². The first-order chi connectivity index (χ1) is 14.3. The predicted octanol–water partition coefficient (Wildman–Crippen LogP) is 3.26. The molecule has 31 heavy (non-hydrogen) atoms. The van der Waals surface area contributed by atoms with Gasteiger partial charge in [-0.1, -0.05) is 18.7 Å². The number of benzene rings is 4. The van der Waals surface area contributed by atoms with Crippen molar-refractivity contribution in [1.29, 1.82) is 0 Å². The number of hydrogen-bond donors (Lipinski definition) is 3. The van der Waals surface area contributed by atoms with Crippen molar-refractivity contribution in [3.8, 4) is 11.5 Å². The summed E-state index contributed by atoms with van der Waals surface area (Å²) >= 11 is 0. The van der Waals surface area contributed by atoms with Gasteiger partial charge in [0.25, 0.3) is 20.2 Å². The van der Waals surface area contributed by atoms with E-state index in [0.29, 0.717) is 6.07 Å². The maximum Gasteiger partial charge on any atom is 0.338 e. The van der Waals surface area contributed by atoms with Gasteiger partial charge in [0.05, 0.1) is 0 Å². The molecule has 3 N–H and O–H groups in total. The Morgan fingerprint density at radius 3 is 1.77 bits per heavy atom. The highest BCUT2D eigenvalue weighted by atomic mass is 32.2. The van der Waals surface area contributed by atoms with Crippen LogP contribution in [0.15, 0.2) is 58.3 Å². The fourth-order valence-electron chi connectivity index (χ4n) is 3.58. The molecule has 0 bridgehead atoms. The molecular formula is C20H14O9S2. The van der Waals surface area contributed by atoms with E-state index in [-0.39, 0.29) is 49.4 Å². The average Bonchev–Trinajstić information content (AvgIpc) is 2.65. The first-order valence-corrected chi connectivity index (χ1v) is 11.5. The Morgan fingerprint density at radius 2 is 1.29 bits per heavy atom. The summed E-state index contributed by atoms with van der Waals surface area (Å²) in [6, 6.07) is 7.23. The Hall–Kier alpha value is -3.25. The molecule has 0 amide bonds. The minimum Gasteiger partial charge on any atom is -0.507 e. The van der Waals surface area contributed by atoms with Gasteiger partial charge in [-0.05, 0) is 25.1 Å². The highest BCUT2D eigenvalue weighted by Crippen LogP contribution is 2.45. The molecule has 0 aromatic heterocycles. The molecule has 0 aliphatic rings. The van der Waals surface area contributed by atoms with Gasteiger partial charge in [0.2, 0.25) is 0 Å². The van der Waals surface area contributed by atoms with E-state index in [4.69, 9.17) is 4.74 Å². The van der Waals surface area contributed by atoms with E-state index in [9.17, 15) is 35.8 Å². The molecule has 0 aliphatic carbocycles. The Bertz CT molecular complexity index is 1600. The van der Waals surface area contributed by atoms with Crippen LogP contribution in [0.25, 0.3) is 32.3 Å². The zero-order chi connectivity index (χ0) is 22.9. The summed E-state index contributed by atoms with van der Waals surface area (Å²) < 4.78 is 72.5. The molecule has 0 aliphatic heterocycles. The van der Waals surface area contributed by atoms with E-state index in [2.05, 4.69) is 6.58 Å². The van der Waals surface area contributed by atoms with Crippen LogP contribution in [0, 0.1) is 0 Å². The van der Waals surface area contributed by atoms with Crippen LogP contribution in [-0.2, 0) is 25.0 Å². The Kier molecular flexibility index (Phi) is 4.49. The standard InChI is InChI=1S/C20H14O9S2/c1-9(2)20(22)29-15-7-14(21)10-3-5-12-16(30(23,24)25)8-17(31(26,27)28)13-6-4-11(15)18(10)19(12)13/h3-8,21H,1H2,2H3,(H,23,24,25)(H,26,27,28). The SMILES string of the molecule is C=C(C)C(=O)Oc1cc(O)c2ccc3c(S(=O)(=O)O)cc(S(=O)(=O)O)c4ccc1c2c34. The second-order valence-electron chi connectivity index (χ2n) is 6.96. The van der Waals surface area contributed by atoms with E-state index in [1.165, 1.54) is 37.3 Å². The number of esters is 1. The van der Waals surface area contributed by atoms with Crippen LogP contribution in [0.2, 0.25) is 0 Å². The number of phenols is 1. The summed E-state index contributed by atoms with van der Waals surface area (Å²) in [5.74, 6) is -1.16. The average molecular weight is 462 g/mol. The topological polar surface area (TPSA) is 155 Å². The summed E-state index contributed by atoms with van der Waals surface area (Å²) in [4.78, 5) is 10.5. The normalized spacial score (nSPS) is 12.6. The van der Waals surface area contributed by atoms with Crippen molar-refractivity contribution in [3.63, 3.8) is 0 Å². The van der Waals surface area contributed by atoms with E-state index in [1.807, 2.05) is 0 Å². The lowest BCUT2D eigenvalue weighted by Crippen LogP contribution is -2.09. The van der Waals surface area contributed by atoms with Crippen molar-refractivity contribution >= 4 is 58.5 Å². The van der Waals surface area contributed by atoms with Crippen LogP contribution in [0.3, 0.4) is 0 Å². The lowest BCUT2D eigenvalue weighted by Gasteiger charge is -2.17. The van der Waals surface area contributed by atoms with Gasteiger partial charge in [0.15, 0.2) is 0 Å². The third-order valence-corrected chi connectivity index (χ3v) is 6.66. The molecule has 4 rings (SSSR count). The van der Waals surface area contributed by atoms with Gasteiger partial charge in [0, 0.05) is 44.0 Å². The van der Waals surface area contributed by atoms with E-state index in [0.717, 1.165) is 0 Å². The highest BCUT2D eigenvalue weighted by molar-refractivity contribution is 7.87. The van der Waals surface area contributed by atoms with Crippen molar-refractivity contribution in [2.24, 2.45) is 0 Å². The van der Waals surface area contributed by atoms with Crippen LogP contribution in [-0.4, -0.2) is 37.0 Å². The number of ether oxygens (including phenoxy) is 1. The maximum absolute atomic E-state index is 12.0. The first kappa shape index (κ1) is 21.0. The number of phenolic OH excluding ortho intramolecular Hbond substituents is 1. The third kappa shape index (κ3) is 3.27. The molecular weight excluding hydrogens is 448 g/mol. The molecule has 0 saturated heterocycles. The Labute approximate surface area is 176 Å². The van der Waals surface area contributed by atoms with Crippen LogP contribution in [0.5, 0.6) is 11.5 Å². The maximum atomic E-state index is 12.0. The van der Waals surface area contributed by atoms with Crippen LogP contribution >= 0.6 is 0 Å². The van der Waals surface area contributed by atoms with Crippen LogP contribution in [0.1, 0.15) is 6.92 Å². The van der Waals surface area contributed by atoms with Crippen molar-refractivity contribution in [3.05, 3.63) is 48.6 Å². The first-order valence-electron chi connectivity index (χ1n) is 8.61. The van der Waals surface area contributed by atoms with Crippen LogP contribution in [0.4, 0.5) is 0 Å². The molecule has 0 atom stereocenters.